The number of halogens is 1. The zero-order valence-electron chi connectivity index (χ0n) is 18.7. The van der Waals surface area contributed by atoms with E-state index < -0.39 is 5.60 Å². The van der Waals surface area contributed by atoms with Gasteiger partial charge in [-0.15, -0.1) is 0 Å². The Kier molecular flexibility index (Phi) is 5.65. The van der Waals surface area contributed by atoms with E-state index in [1.54, 1.807) is 11.0 Å². The number of rotatable bonds is 3. The van der Waals surface area contributed by atoms with E-state index in [-0.39, 0.29) is 29.9 Å². The van der Waals surface area contributed by atoms with Crippen LogP contribution < -0.4 is 4.74 Å². The Balaban J connectivity index is 1.22. The van der Waals surface area contributed by atoms with Crippen LogP contribution in [0.25, 0.3) is 0 Å². The molecule has 0 radical (unpaired) electrons. The van der Waals surface area contributed by atoms with Crippen molar-refractivity contribution in [3.8, 4) is 5.75 Å². The van der Waals surface area contributed by atoms with Gasteiger partial charge in [-0.25, -0.2) is 0 Å². The number of carbonyl (C=O) groups excluding carboxylic acids is 3. The maximum atomic E-state index is 13.2. The van der Waals surface area contributed by atoms with Crippen LogP contribution in [0.5, 0.6) is 5.75 Å². The maximum absolute atomic E-state index is 13.2. The Bertz CT molecular complexity index is 1110. The van der Waals surface area contributed by atoms with Gasteiger partial charge >= 0.3 is 0 Å². The van der Waals surface area contributed by atoms with Gasteiger partial charge in [-0.1, -0.05) is 41.9 Å². The number of aryl methyl sites for hydroxylation is 1. The van der Waals surface area contributed by atoms with Gasteiger partial charge in [0.25, 0.3) is 0 Å². The number of ether oxygens (including phenoxy) is 1. The molecule has 1 spiro atoms. The van der Waals surface area contributed by atoms with Gasteiger partial charge in [0.15, 0.2) is 5.78 Å². The molecule has 3 aliphatic heterocycles. The van der Waals surface area contributed by atoms with E-state index >= 15 is 0 Å². The van der Waals surface area contributed by atoms with Crippen molar-refractivity contribution in [2.45, 2.75) is 44.8 Å². The van der Waals surface area contributed by atoms with Gasteiger partial charge in [0, 0.05) is 50.5 Å². The molecule has 2 amide bonds. The number of hydrogen-bond donors (Lipinski definition) is 0. The van der Waals surface area contributed by atoms with E-state index in [1.165, 1.54) is 0 Å². The van der Waals surface area contributed by atoms with E-state index in [0.717, 1.165) is 11.1 Å². The fourth-order valence-corrected chi connectivity index (χ4v) is 5.55. The normalized spacial score (nSPS) is 21.8. The smallest absolute Gasteiger partial charge is 0.227 e. The number of Topliss-reactive ketones (excluding diaryl/α,β-unsaturated/α-hetero) is 1. The molecule has 3 aliphatic rings. The summed E-state index contributed by atoms with van der Waals surface area (Å²) in [6.07, 6.45) is 1.75. The molecule has 2 aromatic carbocycles. The summed E-state index contributed by atoms with van der Waals surface area (Å²) in [6.45, 7) is 3.94. The van der Waals surface area contributed by atoms with Crippen LogP contribution in [0.2, 0.25) is 5.02 Å². The average molecular weight is 467 g/mol. The van der Waals surface area contributed by atoms with Crippen molar-refractivity contribution in [2.24, 2.45) is 5.92 Å². The molecule has 2 fully saturated rings. The van der Waals surface area contributed by atoms with Crippen LogP contribution in [-0.4, -0.2) is 52.6 Å². The summed E-state index contributed by atoms with van der Waals surface area (Å²) in [4.78, 5) is 42.2. The first kappa shape index (κ1) is 22.0. The van der Waals surface area contributed by atoms with E-state index in [1.807, 2.05) is 48.2 Å². The molecule has 2 saturated heterocycles. The van der Waals surface area contributed by atoms with Crippen LogP contribution in [-0.2, 0) is 16.1 Å². The molecule has 7 heteroatoms. The van der Waals surface area contributed by atoms with Crippen LogP contribution in [0.1, 0.15) is 47.2 Å². The van der Waals surface area contributed by atoms with Crippen LogP contribution in [0, 0.1) is 12.8 Å². The summed E-state index contributed by atoms with van der Waals surface area (Å²) in [5.41, 5.74) is 1.89. The van der Waals surface area contributed by atoms with Crippen LogP contribution in [0.3, 0.4) is 0 Å². The lowest BCUT2D eigenvalue weighted by Crippen LogP contribution is -2.53. The number of amides is 2. The first-order valence-electron chi connectivity index (χ1n) is 11.5. The molecule has 6 nitrogen and oxygen atoms in total. The number of carbonyl (C=O) groups is 3. The van der Waals surface area contributed by atoms with Crippen LogP contribution in [0.4, 0.5) is 0 Å². The molecule has 33 heavy (non-hydrogen) atoms. The second-order valence-corrected chi connectivity index (χ2v) is 9.91. The van der Waals surface area contributed by atoms with Gasteiger partial charge in [0.2, 0.25) is 11.8 Å². The Morgan fingerprint density at radius 1 is 1.15 bits per heavy atom. The second kappa shape index (κ2) is 8.49. The highest BCUT2D eigenvalue weighted by atomic mass is 35.5. The van der Waals surface area contributed by atoms with Gasteiger partial charge in [0.05, 0.1) is 17.9 Å². The number of ketones is 1. The van der Waals surface area contributed by atoms with Crippen molar-refractivity contribution in [3.05, 3.63) is 64.2 Å². The first-order chi connectivity index (χ1) is 15.8. The first-order valence-corrected chi connectivity index (χ1v) is 11.8. The van der Waals surface area contributed by atoms with Gasteiger partial charge in [-0.3, -0.25) is 14.4 Å². The number of benzene rings is 2. The third-order valence-electron chi connectivity index (χ3n) is 7.11. The molecule has 0 saturated carbocycles. The predicted octanol–water partition coefficient (Wildman–Crippen LogP) is 4.02. The van der Waals surface area contributed by atoms with Gasteiger partial charge in [0.1, 0.15) is 11.4 Å². The van der Waals surface area contributed by atoms with Crippen molar-refractivity contribution in [1.82, 2.24) is 9.80 Å². The number of fused-ring (bicyclic) bond motifs is 1. The van der Waals surface area contributed by atoms with Crippen molar-refractivity contribution in [3.63, 3.8) is 0 Å². The summed E-state index contributed by atoms with van der Waals surface area (Å²) in [5, 5.41) is 0.534. The molecular weight excluding hydrogens is 440 g/mol. The molecule has 1 atom stereocenters. The minimum atomic E-state index is -0.579. The fraction of sp³-hybridized carbons (Fsp3) is 0.423. The Labute approximate surface area is 198 Å². The number of nitrogens with zero attached hydrogens (tertiary/aromatic N) is 2. The summed E-state index contributed by atoms with van der Waals surface area (Å²) in [6, 6.07) is 13.3. The summed E-state index contributed by atoms with van der Waals surface area (Å²) >= 11 is 6.13. The van der Waals surface area contributed by atoms with Gasteiger partial charge in [-0.05, 0) is 30.2 Å². The molecule has 2 aromatic rings. The highest BCUT2D eigenvalue weighted by molar-refractivity contribution is 6.31. The topological polar surface area (TPSA) is 66.9 Å². The molecule has 0 N–H and O–H groups in total. The number of hydrogen-bond acceptors (Lipinski definition) is 4. The van der Waals surface area contributed by atoms with Crippen LogP contribution in [0.15, 0.2) is 42.5 Å². The third kappa shape index (κ3) is 4.24. The third-order valence-corrected chi connectivity index (χ3v) is 7.33. The highest BCUT2D eigenvalue weighted by Crippen LogP contribution is 2.42. The molecule has 172 valence electrons. The number of piperidine rings is 1. The lowest BCUT2D eigenvalue weighted by Gasteiger charge is -2.44. The summed E-state index contributed by atoms with van der Waals surface area (Å²) < 4.78 is 6.39. The Morgan fingerprint density at radius 3 is 2.61 bits per heavy atom. The summed E-state index contributed by atoms with van der Waals surface area (Å²) in [7, 11) is 0. The standard InChI is InChI=1S/C26H27ClN2O4/c1-17-11-20(27)13-21-22(30)14-26(33-24(17)21)7-9-28(10-8-26)25(32)19-12-23(31)29(16-19)15-18-5-3-2-4-6-18/h2-6,11,13,19H,7-10,12,14-16H2,1H3. The van der Waals surface area contributed by atoms with Crippen molar-refractivity contribution in [2.75, 3.05) is 19.6 Å². The highest BCUT2D eigenvalue weighted by Gasteiger charge is 2.45. The second-order valence-electron chi connectivity index (χ2n) is 9.47. The molecular formula is C26H27ClN2O4. The maximum Gasteiger partial charge on any atom is 0.227 e. The van der Waals surface area contributed by atoms with Crippen molar-refractivity contribution in [1.29, 1.82) is 0 Å². The van der Waals surface area contributed by atoms with Crippen LogP contribution >= 0.6 is 11.6 Å². The van der Waals surface area contributed by atoms with Gasteiger partial charge < -0.3 is 14.5 Å². The lowest BCUT2D eigenvalue weighted by atomic mass is 9.81. The Hall–Kier alpha value is -2.86. The molecule has 1 unspecified atom stereocenters. The zero-order chi connectivity index (χ0) is 23.2. The fourth-order valence-electron chi connectivity index (χ4n) is 5.28. The lowest BCUT2D eigenvalue weighted by molar-refractivity contribution is -0.139. The van der Waals surface area contributed by atoms with E-state index in [2.05, 4.69) is 0 Å². The van der Waals surface area contributed by atoms with E-state index in [0.29, 0.717) is 61.8 Å². The SMILES string of the molecule is Cc1cc(Cl)cc2c1OC1(CCN(C(=O)C3CC(=O)N(Cc4ccccc4)C3)CC1)CC2=O. The Morgan fingerprint density at radius 2 is 1.88 bits per heavy atom. The summed E-state index contributed by atoms with van der Waals surface area (Å²) in [5.74, 6) is 0.402. The molecule has 5 rings (SSSR count). The van der Waals surface area contributed by atoms with E-state index in [4.69, 9.17) is 16.3 Å². The van der Waals surface area contributed by atoms with Gasteiger partial charge in [-0.2, -0.15) is 0 Å². The zero-order valence-corrected chi connectivity index (χ0v) is 19.4. The van der Waals surface area contributed by atoms with E-state index in [9.17, 15) is 14.4 Å². The molecule has 0 aromatic heterocycles. The molecule has 3 heterocycles. The minimum Gasteiger partial charge on any atom is -0.486 e. The molecule has 0 aliphatic carbocycles. The monoisotopic (exact) mass is 466 g/mol. The van der Waals surface area contributed by atoms with Crippen molar-refractivity contribution >= 4 is 29.2 Å². The minimum absolute atomic E-state index is 0.0256. The predicted molar refractivity (Wildman–Crippen MR) is 124 cm³/mol. The van der Waals surface area contributed by atoms with Crippen molar-refractivity contribution < 1.29 is 19.1 Å². The molecule has 0 bridgehead atoms. The number of likely N-dealkylation sites (tertiary alicyclic amines) is 2. The quantitative estimate of drug-likeness (QED) is 0.685. The average Bonchev–Trinajstić information content (AvgIpc) is 3.16. The largest absolute Gasteiger partial charge is 0.486 e.